The van der Waals surface area contributed by atoms with Crippen molar-refractivity contribution in [2.24, 2.45) is 0 Å². The van der Waals surface area contributed by atoms with Crippen molar-refractivity contribution in [2.45, 2.75) is 0 Å². The summed E-state index contributed by atoms with van der Waals surface area (Å²) in [5.41, 5.74) is 9.10. The average Bonchev–Trinajstić information content (AvgIpc) is 3.52. The Morgan fingerprint density at radius 1 is 0.298 bits per heavy atom. The molecule has 0 aliphatic heterocycles. The molecule has 4 nitrogen and oxygen atoms in total. The predicted molar refractivity (Wildman–Crippen MR) is 192 cm³/mol. The first-order chi connectivity index (χ1) is 23.2. The Bertz CT molecular complexity index is 2570. The van der Waals surface area contributed by atoms with Crippen LogP contribution >= 0.6 is 0 Å². The van der Waals surface area contributed by atoms with Gasteiger partial charge < -0.3 is 4.42 Å². The summed E-state index contributed by atoms with van der Waals surface area (Å²) < 4.78 is 6.41. The maximum absolute atomic E-state index is 6.41. The van der Waals surface area contributed by atoms with Crippen molar-refractivity contribution in [3.63, 3.8) is 0 Å². The number of nitrogens with zero attached hydrogens (tertiary/aromatic N) is 3. The van der Waals surface area contributed by atoms with Crippen LogP contribution in [0.3, 0.4) is 0 Å². The Morgan fingerprint density at radius 2 is 0.851 bits per heavy atom. The van der Waals surface area contributed by atoms with Crippen LogP contribution in [0.25, 0.3) is 89.1 Å². The summed E-state index contributed by atoms with van der Waals surface area (Å²) in [6.07, 6.45) is 0. The number of aromatic nitrogens is 3. The van der Waals surface area contributed by atoms with Gasteiger partial charge in [0.2, 0.25) is 0 Å². The molecule has 0 N–H and O–H groups in total. The van der Waals surface area contributed by atoms with E-state index in [1.165, 1.54) is 22.1 Å². The van der Waals surface area contributed by atoms with Crippen molar-refractivity contribution in [3.05, 3.63) is 164 Å². The SMILES string of the molecule is c1ccc(-c2cccc(-c3ccc4oc5cc(-c6nc(-c7ccccc7)nc(-c7ccc8ccccc8c7)n6)ccc5c4c3)c2)cc1. The third kappa shape index (κ3) is 5.02. The van der Waals surface area contributed by atoms with Crippen LogP contribution in [0, 0.1) is 0 Å². The highest BCUT2D eigenvalue weighted by Crippen LogP contribution is 2.36. The van der Waals surface area contributed by atoms with Gasteiger partial charge in [-0.25, -0.2) is 15.0 Å². The minimum Gasteiger partial charge on any atom is -0.456 e. The van der Waals surface area contributed by atoms with Crippen molar-refractivity contribution in [1.82, 2.24) is 15.0 Å². The smallest absolute Gasteiger partial charge is 0.164 e. The third-order valence-electron chi connectivity index (χ3n) is 8.71. The lowest BCUT2D eigenvalue weighted by atomic mass is 9.98. The minimum absolute atomic E-state index is 0.600. The van der Waals surface area contributed by atoms with Gasteiger partial charge in [-0.15, -0.1) is 0 Å². The fourth-order valence-corrected chi connectivity index (χ4v) is 6.28. The van der Waals surface area contributed by atoms with Crippen LogP contribution in [0.4, 0.5) is 0 Å². The van der Waals surface area contributed by atoms with Crippen LogP contribution in [-0.4, -0.2) is 15.0 Å². The monoisotopic (exact) mass is 601 g/mol. The van der Waals surface area contributed by atoms with Crippen LogP contribution in [0.5, 0.6) is 0 Å². The van der Waals surface area contributed by atoms with Gasteiger partial charge in [-0.1, -0.05) is 127 Å². The predicted octanol–water partition coefficient (Wildman–Crippen LogP) is 11.3. The van der Waals surface area contributed by atoms with Gasteiger partial charge >= 0.3 is 0 Å². The van der Waals surface area contributed by atoms with Gasteiger partial charge in [-0.2, -0.15) is 0 Å². The van der Waals surface area contributed by atoms with E-state index in [4.69, 9.17) is 19.4 Å². The Hall–Kier alpha value is -6.39. The quantitative estimate of drug-likeness (QED) is 0.197. The summed E-state index contributed by atoms with van der Waals surface area (Å²) in [5.74, 6) is 1.86. The molecule has 0 fully saturated rings. The van der Waals surface area contributed by atoms with E-state index in [2.05, 4.69) is 115 Å². The van der Waals surface area contributed by atoms with Crippen LogP contribution in [-0.2, 0) is 0 Å². The van der Waals surface area contributed by atoms with E-state index in [0.29, 0.717) is 17.5 Å². The highest BCUT2D eigenvalue weighted by Gasteiger charge is 2.15. The van der Waals surface area contributed by atoms with E-state index in [-0.39, 0.29) is 0 Å². The highest BCUT2D eigenvalue weighted by atomic mass is 16.3. The molecule has 9 rings (SSSR count). The second kappa shape index (κ2) is 11.2. The Morgan fingerprint density at radius 3 is 1.62 bits per heavy atom. The molecule has 2 aromatic heterocycles. The van der Waals surface area contributed by atoms with Gasteiger partial charge in [-0.3, -0.25) is 0 Å². The number of fused-ring (bicyclic) bond motifs is 4. The van der Waals surface area contributed by atoms with Crippen LogP contribution in [0.15, 0.2) is 168 Å². The van der Waals surface area contributed by atoms with E-state index in [1.54, 1.807) is 0 Å². The summed E-state index contributed by atoms with van der Waals surface area (Å²) in [7, 11) is 0. The minimum atomic E-state index is 0.600. The first-order valence-electron chi connectivity index (χ1n) is 15.7. The second-order valence-electron chi connectivity index (χ2n) is 11.7. The first kappa shape index (κ1) is 27.0. The van der Waals surface area contributed by atoms with Crippen molar-refractivity contribution < 1.29 is 4.42 Å². The zero-order valence-electron chi connectivity index (χ0n) is 25.3. The van der Waals surface area contributed by atoms with E-state index < -0.39 is 0 Å². The van der Waals surface area contributed by atoms with E-state index in [0.717, 1.165) is 49.6 Å². The Labute approximate surface area is 271 Å². The van der Waals surface area contributed by atoms with Gasteiger partial charge in [0.15, 0.2) is 17.5 Å². The molecule has 9 aromatic rings. The van der Waals surface area contributed by atoms with Gasteiger partial charge in [0.05, 0.1) is 0 Å². The maximum Gasteiger partial charge on any atom is 0.164 e. The molecule has 0 amide bonds. The lowest BCUT2D eigenvalue weighted by Gasteiger charge is -2.09. The average molecular weight is 602 g/mol. The van der Waals surface area contributed by atoms with Crippen molar-refractivity contribution in [2.75, 3.05) is 0 Å². The number of furan rings is 1. The molecule has 4 heteroatoms. The maximum atomic E-state index is 6.41. The lowest BCUT2D eigenvalue weighted by Crippen LogP contribution is -2.00. The molecule has 0 radical (unpaired) electrons. The molecule has 0 aliphatic rings. The summed E-state index contributed by atoms with van der Waals surface area (Å²) in [5, 5.41) is 4.45. The Balaban J connectivity index is 1.14. The van der Waals surface area contributed by atoms with Gasteiger partial charge in [0.1, 0.15) is 11.2 Å². The first-order valence-corrected chi connectivity index (χ1v) is 15.7. The summed E-state index contributed by atoms with van der Waals surface area (Å²) in [6.45, 7) is 0. The van der Waals surface area contributed by atoms with Gasteiger partial charge in [-0.05, 0) is 69.4 Å². The molecular weight excluding hydrogens is 574 g/mol. The fourth-order valence-electron chi connectivity index (χ4n) is 6.28. The summed E-state index contributed by atoms with van der Waals surface area (Å²) in [6, 6.07) is 56.5. The molecule has 7 aromatic carbocycles. The molecule has 0 bridgehead atoms. The van der Waals surface area contributed by atoms with Gasteiger partial charge in [0, 0.05) is 27.5 Å². The molecule has 0 spiro atoms. The standard InChI is InChI=1S/C43H27N3O/c1-3-10-28(11-4-1)32-16-9-17-33(24-32)34-21-23-39-38(26-34)37-22-20-36(27-40(37)47-39)43-45-41(30-13-5-2-6-14-30)44-42(46-43)35-19-18-29-12-7-8-15-31(29)25-35/h1-27H. The molecule has 2 heterocycles. The van der Waals surface area contributed by atoms with Gasteiger partial charge in [0.25, 0.3) is 0 Å². The molecule has 220 valence electrons. The van der Waals surface area contributed by atoms with E-state index >= 15 is 0 Å². The topological polar surface area (TPSA) is 51.8 Å². The van der Waals surface area contributed by atoms with Crippen molar-refractivity contribution in [1.29, 1.82) is 0 Å². The third-order valence-corrected chi connectivity index (χ3v) is 8.71. The molecule has 0 aliphatic carbocycles. The van der Waals surface area contributed by atoms with Crippen molar-refractivity contribution in [3.8, 4) is 56.4 Å². The van der Waals surface area contributed by atoms with Crippen LogP contribution < -0.4 is 0 Å². The molecular formula is C43H27N3O. The number of benzene rings is 7. The van der Waals surface area contributed by atoms with Crippen LogP contribution in [0.1, 0.15) is 0 Å². The lowest BCUT2D eigenvalue weighted by molar-refractivity contribution is 0.669. The molecule has 0 saturated carbocycles. The number of hydrogen-bond donors (Lipinski definition) is 0. The molecule has 0 saturated heterocycles. The zero-order valence-corrected chi connectivity index (χ0v) is 25.3. The molecule has 0 atom stereocenters. The second-order valence-corrected chi connectivity index (χ2v) is 11.7. The van der Waals surface area contributed by atoms with E-state index in [9.17, 15) is 0 Å². The number of rotatable bonds is 5. The fraction of sp³-hybridized carbons (Fsp3) is 0. The summed E-state index contributed by atoms with van der Waals surface area (Å²) >= 11 is 0. The normalized spacial score (nSPS) is 11.4. The highest BCUT2D eigenvalue weighted by molar-refractivity contribution is 6.07. The molecule has 47 heavy (non-hydrogen) atoms. The Kier molecular flexibility index (Phi) is 6.43. The summed E-state index contributed by atoms with van der Waals surface area (Å²) in [4.78, 5) is 14.9. The molecule has 0 unspecified atom stereocenters. The van der Waals surface area contributed by atoms with E-state index in [1.807, 2.05) is 48.5 Å². The van der Waals surface area contributed by atoms with Crippen LogP contribution in [0.2, 0.25) is 0 Å². The largest absolute Gasteiger partial charge is 0.456 e. The van der Waals surface area contributed by atoms with Crippen molar-refractivity contribution >= 4 is 32.7 Å². The number of hydrogen-bond acceptors (Lipinski definition) is 4. The zero-order chi connectivity index (χ0) is 31.2.